The molecule has 0 radical (unpaired) electrons. The predicted molar refractivity (Wildman–Crippen MR) is 149 cm³/mol. The fourth-order valence-corrected chi connectivity index (χ4v) is 7.03. The number of nitro benzene ring substituents is 1. The summed E-state index contributed by atoms with van der Waals surface area (Å²) in [4.78, 5) is 26.5. The number of para-hydroxylation sites is 1. The Bertz CT molecular complexity index is 1510. The number of nitrogens with zero attached hydrogens (tertiary/aromatic N) is 3. The van der Waals surface area contributed by atoms with E-state index in [1.165, 1.54) is 37.1 Å². The van der Waals surface area contributed by atoms with Crippen molar-refractivity contribution in [1.82, 2.24) is 0 Å². The Kier molecular flexibility index (Phi) is 7.31. The van der Waals surface area contributed by atoms with Crippen LogP contribution in [0.15, 0.2) is 65.6 Å². The number of benzene rings is 3. The average molecular weight is 550 g/mol. The van der Waals surface area contributed by atoms with Crippen LogP contribution in [0.3, 0.4) is 0 Å². The summed E-state index contributed by atoms with van der Waals surface area (Å²) in [6.45, 7) is 5.81. The van der Waals surface area contributed by atoms with Crippen molar-refractivity contribution in [3.05, 3.63) is 87.5 Å². The van der Waals surface area contributed by atoms with Crippen LogP contribution in [0.2, 0.25) is 0 Å². The van der Waals surface area contributed by atoms with Gasteiger partial charge >= 0.3 is 5.97 Å². The summed E-state index contributed by atoms with van der Waals surface area (Å²) in [5.74, 6) is -0.588. The Morgan fingerprint density at radius 1 is 1.05 bits per heavy atom. The summed E-state index contributed by atoms with van der Waals surface area (Å²) in [5, 5.41) is 11.6. The van der Waals surface area contributed by atoms with E-state index in [4.69, 9.17) is 4.74 Å². The molecule has 1 atom stereocenters. The molecule has 9 nitrogen and oxygen atoms in total. The van der Waals surface area contributed by atoms with Crippen LogP contribution in [-0.4, -0.2) is 38.9 Å². The molecular formula is C29H31N3O6S. The second-order valence-corrected chi connectivity index (χ2v) is 11.8. The van der Waals surface area contributed by atoms with Gasteiger partial charge < -0.3 is 9.64 Å². The van der Waals surface area contributed by atoms with Gasteiger partial charge in [0, 0.05) is 31.4 Å². The number of hydrogen-bond donors (Lipinski definition) is 0. The molecule has 0 aliphatic carbocycles. The number of rotatable bonds is 8. The molecule has 2 aliphatic rings. The molecule has 0 spiro atoms. The lowest BCUT2D eigenvalue weighted by Gasteiger charge is -2.21. The van der Waals surface area contributed by atoms with Crippen molar-refractivity contribution in [2.75, 3.05) is 28.8 Å². The van der Waals surface area contributed by atoms with Crippen LogP contribution in [0, 0.1) is 17.0 Å². The van der Waals surface area contributed by atoms with Gasteiger partial charge in [0.25, 0.3) is 15.7 Å². The Balaban J connectivity index is 1.34. The predicted octanol–water partition coefficient (Wildman–Crippen LogP) is 5.35. The van der Waals surface area contributed by atoms with Crippen molar-refractivity contribution >= 4 is 33.1 Å². The highest BCUT2D eigenvalue weighted by Crippen LogP contribution is 2.40. The zero-order valence-corrected chi connectivity index (χ0v) is 22.8. The van der Waals surface area contributed by atoms with E-state index in [0.717, 1.165) is 28.6 Å². The summed E-state index contributed by atoms with van der Waals surface area (Å²) in [6.07, 6.45) is 3.33. The third-order valence-corrected chi connectivity index (χ3v) is 9.33. The first-order valence-corrected chi connectivity index (χ1v) is 14.6. The molecule has 0 bridgehead atoms. The lowest BCUT2D eigenvalue weighted by Crippen LogP contribution is -2.29. The molecule has 39 heavy (non-hydrogen) atoms. The highest BCUT2D eigenvalue weighted by molar-refractivity contribution is 7.92. The van der Waals surface area contributed by atoms with E-state index in [0.29, 0.717) is 24.0 Å². The van der Waals surface area contributed by atoms with Gasteiger partial charge in [-0.25, -0.2) is 8.42 Å². The van der Waals surface area contributed by atoms with Gasteiger partial charge in [-0.1, -0.05) is 31.2 Å². The molecule has 1 saturated heterocycles. The molecule has 0 N–H and O–H groups in total. The fraction of sp³-hybridized carbons (Fsp3) is 0.345. The molecule has 1 unspecified atom stereocenters. The van der Waals surface area contributed by atoms with Crippen molar-refractivity contribution in [3.63, 3.8) is 0 Å². The molecule has 2 aliphatic heterocycles. The van der Waals surface area contributed by atoms with Crippen molar-refractivity contribution < 1.29 is 22.9 Å². The first-order valence-electron chi connectivity index (χ1n) is 13.2. The summed E-state index contributed by atoms with van der Waals surface area (Å²) in [5.41, 5.74) is 2.99. The summed E-state index contributed by atoms with van der Waals surface area (Å²) >= 11 is 0. The minimum Gasteiger partial charge on any atom is -0.426 e. The number of anilines is 2. The molecule has 10 heteroatoms. The monoisotopic (exact) mass is 549 g/mol. The highest BCUT2D eigenvalue weighted by atomic mass is 32.2. The van der Waals surface area contributed by atoms with Crippen LogP contribution in [0.5, 0.6) is 5.75 Å². The molecule has 1 fully saturated rings. The normalized spacial score (nSPS) is 15.7. The standard InChI is InChI=1S/C29H31N3O6S/c1-3-25(21-9-11-23(12-10-21)30-16-4-5-17-30)29(33)38-27-14-13-24(19-20(27)2)39(36,37)31-18-15-22-7-6-8-26(28(22)31)32(34)35/h6-14,19,25H,3-5,15-18H2,1-2H3. The maximum absolute atomic E-state index is 13.5. The second-order valence-electron chi connectivity index (χ2n) is 9.96. The summed E-state index contributed by atoms with van der Waals surface area (Å²) in [6, 6.07) is 16.9. The van der Waals surface area contributed by atoms with E-state index >= 15 is 0 Å². The number of nitro groups is 1. The molecule has 5 rings (SSSR count). The number of aryl methyl sites for hydroxylation is 1. The lowest BCUT2D eigenvalue weighted by atomic mass is 9.96. The van der Waals surface area contributed by atoms with Crippen LogP contribution in [0.25, 0.3) is 0 Å². The van der Waals surface area contributed by atoms with E-state index in [2.05, 4.69) is 4.90 Å². The van der Waals surface area contributed by atoms with Crippen molar-refractivity contribution in [3.8, 4) is 5.75 Å². The van der Waals surface area contributed by atoms with Crippen LogP contribution < -0.4 is 13.9 Å². The van der Waals surface area contributed by atoms with Crippen LogP contribution in [0.1, 0.15) is 48.8 Å². The Morgan fingerprint density at radius 2 is 1.77 bits per heavy atom. The average Bonchev–Trinajstić information content (AvgIpc) is 3.61. The largest absolute Gasteiger partial charge is 0.426 e. The van der Waals surface area contributed by atoms with Gasteiger partial charge in [-0.2, -0.15) is 0 Å². The van der Waals surface area contributed by atoms with Gasteiger partial charge in [0.15, 0.2) is 0 Å². The van der Waals surface area contributed by atoms with E-state index in [1.54, 1.807) is 19.1 Å². The van der Waals surface area contributed by atoms with Crippen LogP contribution >= 0.6 is 0 Å². The van der Waals surface area contributed by atoms with Gasteiger partial charge in [0.1, 0.15) is 11.4 Å². The molecule has 204 valence electrons. The van der Waals surface area contributed by atoms with E-state index < -0.39 is 26.8 Å². The number of hydrogen-bond acceptors (Lipinski definition) is 7. The summed E-state index contributed by atoms with van der Waals surface area (Å²) in [7, 11) is -4.07. The summed E-state index contributed by atoms with van der Waals surface area (Å²) < 4.78 is 33.9. The molecule has 0 saturated carbocycles. The lowest BCUT2D eigenvalue weighted by molar-refractivity contribution is -0.384. The van der Waals surface area contributed by atoms with Gasteiger partial charge in [-0.3, -0.25) is 19.2 Å². The highest BCUT2D eigenvalue weighted by Gasteiger charge is 2.36. The van der Waals surface area contributed by atoms with Crippen LogP contribution in [-0.2, 0) is 21.2 Å². The maximum atomic E-state index is 13.5. The molecule has 2 heterocycles. The first-order chi connectivity index (χ1) is 18.7. The molecule has 0 aromatic heterocycles. The van der Waals surface area contributed by atoms with Gasteiger partial charge in [0.05, 0.1) is 15.7 Å². The van der Waals surface area contributed by atoms with E-state index in [9.17, 15) is 23.3 Å². The number of carbonyl (C=O) groups excluding carboxylic acids is 1. The van der Waals surface area contributed by atoms with Crippen molar-refractivity contribution in [2.45, 2.75) is 50.3 Å². The number of sulfonamides is 1. The van der Waals surface area contributed by atoms with E-state index in [1.807, 2.05) is 31.2 Å². The van der Waals surface area contributed by atoms with Gasteiger partial charge in [0.2, 0.25) is 0 Å². The van der Waals surface area contributed by atoms with Gasteiger partial charge in [-0.15, -0.1) is 0 Å². The van der Waals surface area contributed by atoms with Crippen LogP contribution in [0.4, 0.5) is 17.1 Å². The number of ether oxygens (including phenoxy) is 1. The third kappa shape index (κ3) is 5.08. The Labute approximate surface area is 228 Å². The first kappa shape index (κ1) is 26.7. The zero-order chi connectivity index (χ0) is 27.7. The quantitative estimate of drug-likeness (QED) is 0.161. The SMILES string of the molecule is CCC(C(=O)Oc1ccc(S(=O)(=O)N2CCc3cccc([N+](=O)[O-])c32)cc1C)c1ccc(N2CCCC2)cc1. The minimum absolute atomic E-state index is 0.0182. The topological polar surface area (TPSA) is 110 Å². The number of esters is 1. The zero-order valence-electron chi connectivity index (χ0n) is 22.0. The Hall–Kier alpha value is -3.92. The number of fused-ring (bicyclic) bond motifs is 1. The molecule has 0 amide bonds. The number of carbonyl (C=O) groups is 1. The fourth-order valence-electron chi connectivity index (χ4n) is 5.42. The molecule has 3 aromatic rings. The third-order valence-electron chi connectivity index (χ3n) is 7.53. The smallest absolute Gasteiger partial charge is 0.318 e. The minimum atomic E-state index is -4.07. The molecule has 3 aromatic carbocycles. The van der Waals surface area contributed by atoms with Gasteiger partial charge in [-0.05, 0) is 79.6 Å². The maximum Gasteiger partial charge on any atom is 0.318 e. The van der Waals surface area contributed by atoms with Crippen molar-refractivity contribution in [2.24, 2.45) is 0 Å². The van der Waals surface area contributed by atoms with E-state index in [-0.39, 0.29) is 28.6 Å². The van der Waals surface area contributed by atoms with Crippen molar-refractivity contribution in [1.29, 1.82) is 0 Å². The Morgan fingerprint density at radius 3 is 2.41 bits per heavy atom. The second kappa shape index (κ2) is 10.7. The molecular weight excluding hydrogens is 518 g/mol.